The van der Waals surface area contributed by atoms with E-state index in [1.165, 1.54) is 24.1 Å². The monoisotopic (exact) mass is 277 g/mol. The molecule has 0 fully saturated rings. The molecule has 0 saturated carbocycles. The highest BCUT2D eigenvalue weighted by Gasteiger charge is 1.93. The SMILES string of the molecule is CCC.CCC(C)=Nc1ccccc1C.CCC(C)C. The maximum Gasteiger partial charge on any atom is 0.0658 e. The highest BCUT2D eigenvalue weighted by atomic mass is 14.7. The summed E-state index contributed by atoms with van der Waals surface area (Å²) in [4.78, 5) is 4.49. The summed E-state index contributed by atoms with van der Waals surface area (Å²) in [6, 6.07) is 8.20. The van der Waals surface area contributed by atoms with Crippen LogP contribution in [0.3, 0.4) is 0 Å². The number of nitrogens with zero attached hydrogens (tertiary/aromatic N) is 1. The molecule has 1 aromatic carbocycles. The molecule has 0 radical (unpaired) electrons. The first-order valence-electron chi connectivity index (χ1n) is 8.02. The quantitative estimate of drug-likeness (QED) is 0.529. The summed E-state index contributed by atoms with van der Waals surface area (Å²) in [5, 5.41) is 0. The van der Waals surface area contributed by atoms with Crippen LogP contribution in [0.5, 0.6) is 0 Å². The van der Waals surface area contributed by atoms with Crippen LogP contribution in [0.1, 0.15) is 73.3 Å². The standard InChI is InChI=1S/C11H15N.C5H12.C3H8/c1-4-10(3)12-11-8-6-5-7-9(11)2;1-4-5(2)3;1-3-2/h5-8H,4H2,1-3H3;5H,4H2,1-3H3;3H2,1-2H3. The van der Waals surface area contributed by atoms with Gasteiger partial charge in [-0.05, 0) is 37.8 Å². The molecule has 0 N–H and O–H groups in total. The van der Waals surface area contributed by atoms with E-state index in [0.29, 0.717) is 0 Å². The van der Waals surface area contributed by atoms with E-state index in [2.05, 4.69) is 72.5 Å². The fraction of sp³-hybridized carbons (Fsp3) is 0.632. The lowest BCUT2D eigenvalue weighted by atomic mass is 10.2. The van der Waals surface area contributed by atoms with Crippen LogP contribution in [0.25, 0.3) is 0 Å². The number of benzene rings is 1. The second-order valence-electron chi connectivity index (χ2n) is 5.50. The van der Waals surface area contributed by atoms with Crippen molar-refractivity contribution >= 4 is 11.4 Å². The van der Waals surface area contributed by atoms with Gasteiger partial charge in [-0.3, -0.25) is 4.99 Å². The topological polar surface area (TPSA) is 12.4 Å². The van der Waals surface area contributed by atoms with Crippen molar-refractivity contribution < 1.29 is 0 Å². The normalized spacial score (nSPS) is 10.3. The average molecular weight is 277 g/mol. The Bertz CT molecular complexity index is 351. The van der Waals surface area contributed by atoms with Crippen molar-refractivity contribution in [1.82, 2.24) is 0 Å². The third-order valence-corrected chi connectivity index (χ3v) is 2.75. The maximum absolute atomic E-state index is 4.49. The van der Waals surface area contributed by atoms with Gasteiger partial charge in [-0.25, -0.2) is 0 Å². The van der Waals surface area contributed by atoms with E-state index in [9.17, 15) is 0 Å². The lowest BCUT2D eigenvalue weighted by Crippen LogP contribution is -1.86. The van der Waals surface area contributed by atoms with Gasteiger partial charge in [0, 0.05) is 5.71 Å². The van der Waals surface area contributed by atoms with Gasteiger partial charge in [0.15, 0.2) is 0 Å². The Morgan fingerprint density at radius 2 is 1.50 bits per heavy atom. The van der Waals surface area contributed by atoms with E-state index in [4.69, 9.17) is 0 Å². The van der Waals surface area contributed by atoms with Gasteiger partial charge in [0.1, 0.15) is 0 Å². The molecule has 20 heavy (non-hydrogen) atoms. The Morgan fingerprint density at radius 3 is 1.85 bits per heavy atom. The molecule has 1 heteroatoms. The smallest absolute Gasteiger partial charge is 0.0658 e. The first-order chi connectivity index (χ1) is 9.42. The zero-order valence-corrected chi connectivity index (χ0v) is 15.0. The lowest BCUT2D eigenvalue weighted by molar-refractivity contribution is 0.626. The predicted octanol–water partition coefficient (Wildman–Crippen LogP) is 6.97. The zero-order chi connectivity index (χ0) is 16.0. The molecular formula is C19H35N. The summed E-state index contributed by atoms with van der Waals surface area (Å²) < 4.78 is 0. The summed E-state index contributed by atoms with van der Waals surface area (Å²) in [7, 11) is 0. The van der Waals surface area contributed by atoms with Crippen LogP contribution < -0.4 is 0 Å². The van der Waals surface area contributed by atoms with Crippen LogP contribution >= 0.6 is 0 Å². The van der Waals surface area contributed by atoms with Crippen molar-refractivity contribution in [1.29, 1.82) is 0 Å². The number of hydrogen-bond acceptors (Lipinski definition) is 1. The van der Waals surface area contributed by atoms with E-state index in [1.54, 1.807) is 0 Å². The average Bonchev–Trinajstić information content (AvgIpc) is 2.42. The van der Waals surface area contributed by atoms with Crippen molar-refractivity contribution in [2.45, 2.75) is 74.7 Å². The lowest BCUT2D eigenvalue weighted by Gasteiger charge is -2.00. The Labute approximate surface area is 127 Å². The van der Waals surface area contributed by atoms with Gasteiger partial charge in [-0.1, -0.05) is 72.6 Å². The minimum Gasteiger partial charge on any atom is -0.258 e. The van der Waals surface area contributed by atoms with Crippen molar-refractivity contribution in [3.8, 4) is 0 Å². The number of aryl methyl sites for hydroxylation is 1. The van der Waals surface area contributed by atoms with Crippen LogP contribution in [-0.4, -0.2) is 5.71 Å². The molecule has 0 amide bonds. The molecule has 0 atom stereocenters. The molecule has 0 unspecified atom stereocenters. The van der Waals surface area contributed by atoms with Crippen LogP contribution in [0.2, 0.25) is 0 Å². The molecule has 116 valence electrons. The number of hydrogen-bond donors (Lipinski definition) is 0. The molecule has 0 aliphatic heterocycles. The first kappa shape index (κ1) is 21.2. The molecule has 0 saturated heterocycles. The molecule has 0 bridgehead atoms. The molecule has 0 aliphatic rings. The Hall–Kier alpha value is -1.11. The Kier molecular flexibility index (Phi) is 15.2. The van der Waals surface area contributed by atoms with E-state index in [-0.39, 0.29) is 0 Å². The van der Waals surface area contributed by atoms with Crippen LogP contribution in [0, 0.1) is 12.8 Å². The van der Waals surface area contributed by atoms with Gasteiger partial charge < -0.3 is 0 Å². The molecule has 0 heterocycles. The molecule has 0 spiro atoms. The van der Waals surface area contributed by atoms with Gasteiger partial charge in [-0.2, -0.15) is 0 Å². The second-order valence-corrected chi connectivity index (χ2v) is 5.50. The fourth-order valence-corrected chi connectivity index (χ4v) is 0.974. The summed E-state index contributed by atoms with van der Waals surface area (Å²) in [5.74, 6) is 0.884. The fourth-order valence-electron chi connectivity index (χ4n) is 0.974. The highest BCUT2D eigenvalue weighted by molar-refractivity contribution is 5.84. The number of aliphatic imine (C=N–C) groups is 1. The van der Waals surface area contributed by atoms with Gasteiger partial charge in [0.2, 0.25) is 0 Å². The predicted molar refractivity (Wildman–Crippen MR) is 95.3 cm³/mol. The van der Waals surface area contributed by atoms with E-state index >= 15 is 0 Å². The second kappa shape index (κ2) is 14.3. The van der Waals surface area contributed by atoms with Crippen molar-refractivity contribution in [2.24, 2.45) is 10.9 Å². The van der Waals surface area contributed by atoms with Gasteiger partial charge in [-0.15, -0.1) is 0 Å². The number of para-hydroxylation sites is 1. The minimum absolute atomic E-state index is 0.884. The van der Waals surface area contributed by atoms with Crippen LogP contribution in [0.4, 0.5) is 5.69 Å². The van der Waals surface area contributed by atoms with Crippen molar-refractivity contribution in [3.05, 3.63) is 29.8 Å². The summed E-state index contributed by atoms with van der Waals surface area (Å²) in [5.41, 5.74) is 3.52. The Balaban J connectivity index is 0. The number of rotatable bonds is 3. The molecular weight excluding hydrogens is 242 g/mol. The van der Waals surface area contributed by atoms with Crippen LogP contribution in [-0.2, 0) is 0 Å². The molecule has 1 rings (SSSR count). The summed E-state index contributed by atoms with van der Waals surface area (Å²) in [6.07, 6.45) is 3.58. The maximum atomic E-state index is 4.49. The van der Waals surface area contributed by atoms with Gasteiger partial charge >= 0.3 is 0 Å². The van der Waals surface area contributed by atoms with Crippen LogP contribution in [0.15, 0.2) is 29.3 Å². The minimum atomic E-state index is 0.884. The van der Waals surface area contributed by atoms with E-state index in [0.717, 1.165) is 18.0 Å². The first-order valence-corrected chi connectivity index (χ1v) is 8.02. The van der Waals surface area contributed by atoms with E-state index in [1.807, 2.05) is 12.1 Å². The zero-order valence-electron chi connectivity index (χ0n) is 15.0. The van der Waals surface area contributed by atoms with Crippen molar-refractivity contribution in [2.75, 3.05) is 0 Å². The summed E-state index contributed by atoms with van der Waals surface area (Å²) in [6.45, 7) is 17.2. The van der Waals surface area contributed by atoms with Gasteiger partial charge in [0.25, 0.3) is 0 Å². The van der Waals surface area contributed by atoms with Crippen molar-refractivity contribution in [3.63, 3.8) is 0 Å². The third kappa shape index (κ3) is 13.3. The molecule has 1 aromatic rings. The van der Waals surface area contributed by atoms with Gasteiger partial charge in [0.05, 0.1) is 5.69 Å². The summed E-state index contributed by atoms with van der Waals surface area (Å²) >= 11 is 0. The Morgan fingerprint density at radius 1 is 1.05 bits per heavy atom. The third-order valence-electron chi connectivity index (χ3n) is 2.75. The molecule has 0 aromatic heterocycles. The highest BCUT2D eigenvalue weighted by Crippen LogP contribution is 2.17. The molecule has 1 nitrogen and oxygen atoms in total. The largest absolute Gasteiger partial charge is 0.258 e. The molecule has 0 aliphatic carbocycles. The van der Waals surface area contributed by atoms with E-state index < -0.39 is 0 Å².